The van der Waals surface area contributed by atoms with Gasteiger partial charge in [-0.15, -0.1) is 0 Å². The minimum Gasteiger partial charge on any atom is -0.344 e. The summed E-state index contributed by atoms with van der Waals surface area (Å²) < 4.78 is 0. The smallest absolute Gasteiger partial charge is 0.256 e. The van der Waals surface area contributed by atoms with Crippen LogP contribution in [0.15, 0.2) is 29.5 Å². The summed E-state index contributed by atoms with van der Waals surface area (Å²) in [5.41, 5.74) is 1.44. The van der Waals surface area contributed by atoms with Crippen molar-refractivity contribution >= 4 is 11.6 Å². The van der Waals surface area contributed by atoms with Crippen LogP contribution in [0.2, 0.25) is 0 Å². The predicted molar refractivity (Wildman–Crippen MR) is 76.8 cm³/mol. The third-order valence-corrected chi connectivity index (χ3v) is 3.80. The maximum absolute atomic E-state index is 12.5. The number of carbonyl (C=O) groups excluding carboxylic acids is 1. The zero-order valence-corrected chi connectivity index (χ0v) is 11.6. The standard InChI is InChI=1S/C16H11N5O/c17-6-11(7-18)14(8-19)20-13-3-1-2-10-9-21(12-4-5-12)16(22)15(10)13/h1-3,12,20H,4-5,9H2. The number of carbonyl (C=O) groups is 1. The quantitative estimate of drug-likeness (QED) is 0.857. The molecule has 1 aromatic rings. The van der Waals surface area contributed by atoms with Crippen molar-refractivity contribution in [3.8, 4) is 18.2 Å². The summed E-state index contributed by atoms with van der Waals surface area (Å²) in [5.74, 6) is -0.0617. The van der Waals surface area contributed by atoms with Crippen molar-refractivity contribution in [3.63, 3.8) is 0 Å². The number of nitrogens with one attached hydrogen (secondary N) is 1. The second-order valence-electron chi connectivity index (χ2n) is 5.21. The summed E-state index contributed by atoms with van der Waals surface area (Å²) in [6.07, 6.45) is 2.05. The van der Waals surface area contributed by atoms with E-state index in [0.29, 0.717) is 23.8 Å². The van der Waals surface area contributed by atoms with Gasteiger partial charge in [-0.3, -0.25) is 4.79 Å². The van der Waals surface area contributed by atoms with Crippen LogP contribution in [0.1, 0.15) is 28.8 Å². The van der Waals surface area contributed by atoms with Gasteiger partial charge in [-0.25, -0.2) is 0 Å². The van der Waals surface area contributed by atoms with Crippen molar-refractivity contribution in [2.24, 2.45) is 0 Å². The van der Waals surface area contributed by atoms with E-state index in [-0.39, 0.29) is 17.2 Å². The first kappa shape index (κ1) is 13.7. The third-order valence-electron chi connectivity index (χ3n) is 3.80. The van der Waals surface area contributed by atoms with E-state index in [0.717, 1.165) is 18.4 Å². The van der Waals surface area contributed by atoms with Crippen molar-refractivity contribution in [2.75, 3.05) is 5.32 Å². The zero-order valence-electron chi connectivity index (χ0n) is 11.6. The first-order valence-corrected chi connectivity index (χ1v) is 6.84. The molecule has 0 unspecified atom stereocenters. The second-order valence-corrected chi connectivity index (χ2v) is 5.21. The number of hydrogen-bond acceptors (Lipinski definition) is 5. The molecule has 1 N–H and O–H groups in total. The molecule has 3 rings (SSSR count). The fourth-order valence-electron chi connectivity index (χ4n) is 2.59. The lowest BCUT2D eigenvalue weighted by Gasteiger charge is -2.14. The highest BCUT2D eigenvalue weighted by atomic mass is 16.2. The summed E-state index contributed by atoms with van der Waals surface area (Å²) >= 11 is 0. The summed E-state index contributed by atoms with van der Waals surface area (Å²) in [4.78, 5) is 14.4. The molecular formula is C16H11N5O. The Hall–Kier alpha value is -3.30. The number of nitriles is 3. The van der Waals surface area contributed by atoms with Crippen LogP contribution in [0.4, 0.5) is 5.69 Å². The van der Waals surface area contributed by atoms with Crippen molar-refractivity contribution in [2.45, 2.75) is 25.4 Å². The van der Waals surface area contributed by atoms with Gasteiger partial charge in [-0.05, 0) is 24.5 Å². The van der Waals surface area contributed by atoms with Gasteiger partial charge >= 0.3 is 0 Å². The fraction of sp³-hybridized carbons (Fsp3) is 0.250. The molecule has 1 fully saturated rings. The van der Waals surface area contributed by atoms with E-state index in [1.54, 1.807) is 30.3 Å². The maximum atomic E-state index is 12.5. The molecule has 1 saturated carbocycles. The van der Waals surface area contributed by atoms with Crippen LogP contribution in [0.5, 0.6) is 0 Å². The molecule has 2 aliphatic rings. The van der Waals surface area contributed by atoms with Crippen molar-refractivity contribution in [3.05, 3.63) is 40.6 Å². The Morgan fingerprint density at radius 3 is 2.50 bits per heavy atom. The molecule has 0 spiro atoms. The molecule has 1 aliphatic carbocycles. The number of allylic oxidation sites excluding steroid dienone is 2. The maximum Gasteiger partial charge on any atom is 0.256 e. The number of fused-ring (bicyclic) bond motifs is 1. The van der Waals surface area contributed by atoms with Crippen LogP contribution in [0, 0.1) is 34.0 Å². The molecule has 0 bridgehead atoms. The first-order valence-electron chi connectivity index (χ1n) is 6.84. The minimum absolute atomic E-state index is 0.0617. The lowest BCUT2D eigenvalue weighted by Crippen LogP contribution is -2.26. The van der Waals surface area contributed by atoms with Gasteiger partial charge < -0.3 is 10.2 Å². The Labute approximate surface area is 127 Å². The first-order chi connectivity index (χ1) is 10.7. The van der Waals surface area contributed by atoms with E-state index < -0.39 is 0 Å². The number of rotatable bonds is 3. The summed E-state index contributed by atoms with van der Waals surface area (Å²) in [6.45, 7) is 0.573. The molecule has 6 heteroatoms. The highest BCUT2D eigenvalue weighted by Gasteiger charge is 2.39. The van der Waals surface area contributed by atoms with Crippen LogP contribution in [-0.2, 0) is 6.54 Å². The largest absolute Gasteiger partial charge is 0.344 e. The Morgan fingerprint density at radius 2 is 1.91 bits per heavy atom. The molecule has 0 saturated heterocycles. The van der Waals surface area contributed by atoms with Crippen LogP contribution in [-0.4, -0.2) is 16.8 Å². The van der Waals surface area contributed by atoms with E-state index in [1.807, 2.05) is 11.0 Å². The van der Waals surface area contributed by atoms with Gasteiger partial charge in [0.2, 0.25) is 0 Å². The number of nitrogens with zero attached hydrogens (tertiary/aromatic N) is 4. The summed E-state index contributed by atoms with van der Waals surface area (Å²) in [5, 5.41) is 29.6. The Balaban J connectivity index is 1.99. The molecule has 6 nitrogen and oxygen atoms in total. The van der Waals surface area contributed by atoms with E-state index in [1.165, 1.54) is 0 Å². The highest BCUT2D eigenvalue weighted by molar-refractivity contribution is 6.04. The number of hydrogen-bond donors (Lipinski definition) is 1. The number of amides is 1. The fourth-order valence-corrected chi connectivity index (χ4v) is 2.59. The van der Waals surface area contributed by atoms with Crippen LogP contribution < -0.4 is 5.32 Å². The second kappa shape index (κ2) is 5.24. The van der Waals surface area contributed by atoms with Crippen molar-refractivity contribution in [1.29, 1.82) is 15.8 Å². The molecule has 1 aromatic carbocycles. The topological polar surface area (TPSA) is 104 Å². The van der Waals surface area contributed by atoms with Gasteiger partial charge in [0, 0.05) is 12.6 Å². The average Bonchev–Trinajstić information content (AvgIpc) is 3.32. The summed E-state index contributed by atoms with van der Waals surface area (Å²) in [7, 11) is 0. The SMILES string of the molecule is N#CC(C#N)=C(C#N)Nc1cccc2c1C(=O)N(C1CC1)C2. The minimum atomic E-state index is -0.301. The monoisotopic (exact) mass is 289 g/mol. The molecule has 1 heterocycles. The Morgan fingerprint density at radius 1 is 1.18 bits per heavy atom. The summed E-state index contributed by atoms with van der Waals surface area (Å²) in [6, 6.07) is 10.8. The van der Waals surface area contributed by atoms with Crippen LogP contribution in [0.25, 0.3) is 0 Å². The van der Waals surface area contributed by atoms with Crippen molar-refractivity contribution in [1.82, 2.24) is 4.90 Å². The molecule has 0 atom stereocenters. The molecule has 1 amide bonds. The molecule has 106 valence electrons. The molecule has 22 heavy (non-hydrogen) atoms. The van der Waals surface area contributed by atoms with Gasteiger partial charge in [-0.2, -0.15) is 15.8 Å². The predicted octanol–water partition coefficient (Wildman–Crippen LogP) is 2.04. The lowest BCUT2D eigenvalue weighted by molar-refractivity contribution is 0.0767. The van der Waals surface area contributed by atoms with Crippen LogP contribution >= 0.6 is 0 Å². The van der Waals surface area contributed by atoms with E-state index in [4.69, 9.17) is 15.8 Å². The normalized spacial score (nSPS) is 15.3. The lowest BCUT2D eigenvalue weighted by atomic mass is 10.1. The van der Waals surface area contributed by atoms with Crippen LogP contribution in [0.3, 0.4) is 0 Å². The number of benzene rings is 1. The Kier molecular flexibility index (Phi) is 3.26. The average molecular weight is 289 g/mol. The Bertz CT molecular complexity index is 798. The molecule has 0 aromatic heterocycles. The van der Waals surface area contributed by atoms with Gasteiger partial charge in [0.1, 0.15) is 23.9 Å². The van der Waals surface area contributed by atoms with E-state index in [9.17, 15) is 4.79 Å². The molecule has 0 radical (unpaired) electrons. The van der Waals surface area contributed by atoms with Crippen molar-refractivity contribution < 1.29 is 4.79 Å². The van der Waals surface area contributed by atoms with Gasteiger partial charge in [-0.1, -0.05) is 12.1 Å². The zero-order chi connectivity index (χ0) is 15.7. The number of anilines is 1. The van der Waals surface area contributed by atoms with E-state index in [2.05, 4.69) is 5.32 Å². The highest BCUT2D eigenvalue weighted by Crippen LogP contribution is 2.37. The van der Waals surface area contributed by atoms with Gasteiger partial charge in [0.15, 0.2) is 5.57 Å². The van der Waals surface area contributed by atoms with E-state index >= 15 is 0 Å². The molecular weight excluding hydrogens is 278 g/mol. The molecule has 1 aliphatic heterocycles. The van der Waals surface area contributed by atoms with Gasteiger partial charge in [0.25, 0.3) is 5.91 Å². The van der Waals surface area contributed by atoms with Gasteiger partial charge in [0.05, 0.1) is 11.3 Å². The third kappa shape index (κ3) is 2.16.